The van der Waals surface area contributed by atoms with Gasteiger partial charge < -0.3 is 14.2 Å². The number of esters is 1. The first kappa shape index (κ1) is 31.3. The monoisotopic (exact) mass is 590 g/mol. The van der Waals surface area contributed by atoms with E-state index in [1.807, 2.05) is 0 Å². The molecule has 1 aliphatic carbocycles. The van der Waals surface area contributed by atoms with Gasteiger partial charge in [-0.1, -0.05) is 38.3 Å². The number of benzene rings is 3. The Morgan fingerprint density at radius 1 is 0.714 bits per heavy atom. The van der Waals surface area contributed by atoms with Crippen LogP contribution in [0.15, 0.2) is 42.5 Å². The van der Waals surface area contributed by atoms with Gasteiger partial charge in [0.15, 0.2) is 34.7 Å². The molecule has 4 rings (SSSR count). The lowest BCUT2D eigenvalue weighted by Crippen LogP contribution is -2.15. The summed E-state index contributed by atoms with van der Waals surface area (Å²) in [5, 5.41) is 0. The number of halogens is 5. The summed E-state index contributed by atoms with van der Waals surface area (Å²) in [5.74, 6) is -7.73. The lowest BCUT2D eigenvalue weighted by Gasteiger charge is -2.29. The predicted octanol–water partition coefficient (Wildman–Crippen LogP) is 9.40. The van der Waals surface area contributed by atoms with E-state index in [4.69, 9.17) is 14.2 Å². The maximum absolute atomic E-state index is 14.9. The van der Waals surface area contributed by atoms with Crippen molar-refractivity contribution in [3.05, 3.63) is 88.2 Å². The van der Waals surface area contributed by atoms with E-state index in [1.165, 1.54) is 18.2 Å². The Balaban J connectivity index is 1.36. The summed E-state index contributed by atoms with van der Waals surface area (Å²) >= 11 is 0. The Morgan fingerprint density at radius 2 is 1.36 bits per heavy atom. The van der Waals surface area contributed by atoms with Crippen LogP contribution in [0.5, 0.6) is 17.2 Å². The van der Waals surface area contributed by atoms with Gasteiger partial charge in [0.25, 0.3) is 0 Å². The van der Waals surface area contributed by atoms with Gasteiger partial charge in [-0.25, -0.2) is 18.0 Å². The van der Waals surface area contributed by atoms with E-state index in [9.17, 15) is 26.7 Å². The van der Waals surface area contributed by atoms with Crippen molar-refractivity contribution < 1.29 is 41.0 Å². The lowest BCUT2D eigenvalue weighted by atomic mass is 9.76. The number of ether oxygens (including phenoxy) is 3. The molecule has 0 aromatic heterocycles. The largest absolute Gasteiger partial charge is 0.491 e. The highest BCUT2D eigenvalue weighted by Gasteiger charge is 2.28. The minimum Gasteiger partial charge on any atom is -0.491 e. The van der Waals surface area contributed by atoms with E-state index in [0.717, 1.165) is 31.4 Å². The second kappa shape index (κ2) is 14.5. The molecule has 1 aliphatic rings. The first-order chi connectivity index (χ1) is 20.2. The van der Waals surface area contributed by atoms with Crippen LogP contribution >= 0.6 is 0 Å². The van der Waals surface area contributed by atoms with Gasteiger partial charge in [-0.3, -0.25) is 0 Å². The third-order valence-electron chi connectivity index (χ3n) is 7.70. The normalized spacial score (nSPS) is 16.7. The molecule has 9 heteroatoms. The van der Waals surface area contributed by atoms with Crippen molar-refractivity contribution >= 4 is 5.97 Å². The van der Waals surface area contributed by atoms with Gasteiger partial charge in [-0.15, -0.1) is 0 Å². The molecule has 226 valence electrons. The third kappa shape index (κ3) is 7.23. The van der Waals surface area contributed by atoms with E-state index >= 15 is 0 Å². The minimum absolute atomic E-state index is 0.0304. The number of hydrogen-bond donors (Lipinski definition) is 0. The summed E-state index contributed by atoms with van der Waals surface area (Å²) in [6, 6.07) is 9.33. The zero-order valence-electron chi connectivity index (χ0n) is 23.8. The Morgan fingerprint density at radius 3 is 2.05 bits per heavy atom. The molecule has 4 nitrogen and oxygen atoms in total. The van der Waals surface area contributed by atoms with Crippen LogP contribution in [0.25, 0.3) is 0 Å². The fraction of sp³-hybridized carbons (Fsp3) is 0.424. The van der Waals surface area contributed by atoms with Crippen molar-refractivity contribution in [1.29, 1.82) is 0 Å². The van der Waals surface area contributed by atoms with Crippen LogP contribution in [-0.4, -0.2) is 19.2 Å². The predicted molar refractivity (Wildman–Crippen MR) is 149 cm³/mol. The first-order valence-corrected chi connectivity index (χ1v) is 14.5. The quantitative estimate of drug-likeness (QED) is 0.0913. The molecule has 0 aliphatic heterocycles. The smallest absolute Gasteiger partial charge is 0.346 e. The van der Waals surface area contributed by atoms with Crippen LogP contribution in [0.3, 0.4) is 0 Å². The fourth-order valence-electron chi connectivity index (χ4n) is 5.39. The standard InChI is InChI=1S/C33H35F5O4/c1-3-5-6-7-18-41-28-17-14-24(30(36)32(28)38)33(39)42-26-15-12-22(19-25(26)34)20-8-10-21(11-9-20)23-13-16-27(40-4-2)31(37)29(23)35/h12-17,19-21H,3-11,18H2,1-2H3. The molecule has 0 saturated heterocycles. The molecule has 0 radical (unpaired) electrons. The molecule has 42 heavy (non-hydrogen) atoms. The SMILES string of the molecule is CCCCCCOc1ccc(C(=O)Oc2ccc(C3CCC(c4ccc(OCC)c(F)c4F)CC3)cc2F)c(F)c1F. The highest BCUT2D eigenvalue weighted by Crippen LogP contribution is 2.43. The Kier molecular flexibility index (Phi) is 10.8. The second-order valence-corrected chi connectivity index (χ2v) is 10.5. The van der Waals surface area contributed by atoms with Crippen LogP contribution in [0.2, 0.25) is 0 Å². The molecule has 3 aromatic carbocycles. The van der Waals surface area contributed by atoms with E-state index in [0.29, 0.717) is 43.2 Å². The van der Waals surface area contributed by atoms with E-state index in [2.05, 4.69) is 6.92 Å². The average molecular weight is 591 g/mol. The molecule has 0 bridgehead atoms. The van der Waals surface area contributed by atoms with Gasteiger partial charge in [-0.05, 0) is 92.3 Å². The maximum atomic E-state index is 14.9. The maximum Gasteiger partial charge on any atom is 0.346 e. The molecular formula is C33H35F5O4. The number of carbonyl (C=O) groups excluding carboxylic acids is 1. The molecule has 0 amide bonds. The van der Waals surface area contributed by atoms with Gasteiger partial charge in [0, 0.05) is 0 Å². The molecule has 0 unspecified atom stereocenters. The molecule has 0 spiro atoms. The summed E-state index contributed by atoms with van der Waals surface area (Å²) in [4.78, 5) is 12.5. The fourth-order valence-corrected chi connectivity index (χ4v) is 5.39. The number of rotatable bonds is 12. The zero-order valence-corrected chi connectivity index (χ0v) is 23.8. The molecule has 3 aromatic rings. The Labute approximate surface area is 242 Å². The third-order valence-corrected chi connectivity index (χ3v) is 7.70. The van der Waals surface area contributed by atoms with Gasteiger partial charge in [0.05, 0.1) is 18.8 Å². The summed E-state index contributed by atoms with van der Waals surface area (Å²) in [5.41, 5.74) is 0.297. The number of unbranched alkanes of at least 4 members (excludes halogenated alkanes) is 3. The van der Waals surface area contributed by atoms with Crippen molar-refractivity contribution in [2.75, 3.05) is 13.2 Å². The molecule has 0 heterocycles. The summed E-state index contributed by atoms with van der Waals surface area (Å²) < 4.78 is 88.5. The van der Waals surface area contributed by atoms with Crippen molar-refractivity contribution in [2.45, 2.75) is 77.0 Å². The van der Waals surface area contributed by atoms with E-state index in [-0.39, 0.29) is 36.5 Å². The molecule has 1 saturated carbocycles. The Bertz CT molecular complexity index is 1390. The summed E-state index contributed by atoms with van der Waals surface area (Å²) in [6.07, 6.45) is 6.04. The van der Waals surface area contributed by atoms with Gasteiger partial charge in [0.2, 0.25) is 11.6 Å². The number of carbonyl (C=O) groups is 1. The Hall–Kier alpha value is -3.62. The number of hydrogen-bond acceptors (Lipinski definition) is 4. The molecule has 1 fully saturated rings. The van der Waals surface area contributed by atoms with E-state index < -0.39 is 46.4 Å². The topological polar surface area (TPSA) is 44.8 Å². The average Bonchev–Trinajstić information content (AvgIpc) is 2.99. The van der Waals surface area contributed by atoms with Crippen molar-refractivity contribution in [3.8, 4) is 17.2 Å². The van der Waals surface area contributed by atoms with Crippen LogP contribution in [0.1, 0.15) is 98.5 Å². The second-order valence-electron chi connectivity index (χ2n) is 10.5. The zero-order chi connectivity index (χ0) is 30.2. The first-order valence-electron chi connectivity index (χ1n) is 14.5. The van der Waals surface area contributed by atoms with Crippen LogP contribution in [-0.2, 0) is 0 Å². The highest BCUT2D eigenvalue weighted by atomic mass is 19.2. The van der Waals surface area contributed by atoms with Crippen LogP contribution < -0.4 is 14.2 Å². The van der Waals surface area contributed by atoms with Crippen molar-refractivity contribution in [3.63, 3.8) is 0 Å². The molecular weight excluding hydrogens is 555 g/mol. The van der Waals surface area contributed by atoms with Crippen molar-refractivity contribution in [2.24, 2.45) is 0 Å². The van der Waals surface area contributed by atoms with Crippen molar-refractivity contribution in [1.82, 2.24) is 0 Å². The van der Waals surface area contributed by atoms with Crippen LogP contribution in [0, 0.1) is 29.1 Å². The van der Waals surface area contributed by atoms with E-state index in [1.54, 1.807) is 19.1 Å². The summed E-state index contributed by atoms with van der Waals surface area (Å²) in [6.45, 7) is 4.20. The van der Waals surface area contributed by atoms with Crippen LogP contribution in [0.4, 0.5) is 22.0 Å². The minimum atomic E-state index is -1.43. The van der Waals surface area contributed by atoms with Gasteiger partial charge in [0.1, 0.15) is 0 Å². The highest BCUT2D eigenvalue weighted by molar-refractivity contribution is 5.91. The molecule has 0 atom stereocenters. The lowest BCUT2D eigenvalue weighted by molar-refractivity contribution is 0.0721. The van der Waals surface area contributed by atoms with Gasteiger partial charge >= 0.3 is 5.97 Å². The molecule has 0 N–H and O–H groups in total. The summed E-state index contributed by atoms with van der Waals surface area (Å²) in [7, 11) is 0. The van der Waals surface area contributed by atoms with Gasteiger partial charge in [-0.2, -0.15) is 8.78 Å².